The smallest absolute Gasteiger partial charge is 0.262 e. The minimum atomic E-state index is -3.77. The van der Waals surface area contributed by atoms with Crippen molar-refractivity contribution >= 4 is 34.0 Å². The Morgan fingerprint density at radius 3 is 2.11 bits per heavy atom. The summed E-state index contributed by atoms with van der Waals surface area (Å²) in [6.45, 7) is 8.45. The van der Waals surface area contributed by atoms with Crippen molar-refractivity contribution in [2.75, 3.05) is 24.9 Å². The second-order valence-corrected chi connectivity index (χ2v) is 8.34. The van der Waals surface area contributed by atoms with Gasteiger partial charge >= 0.3 is 0 Å². The van der Waals surface area contributed by atoms with Gasteiger partial charge in [0.25, 0.3) is 15.9 Å². The number of nitrogens with one attached hydrogen (secondary N) is 3. The summed E-state index contributed by atoms with van der Waals surface area (Å²) in [5.41, 5.74) is 3.95. The number of carbonyl (C=O) groups is 1. The van der Waals surface area contributed by atoms with Gasteiger partial charge in [-0.05, 0) is 63.6 Å². The van der Waals surface area contributed by atoms with Gasteiger partial charge in [-0.1, -0.05) is 23.8 Å². The molecule has 0 aliphatic heterocycles. The molecule has 0 unspecified atom stereocenters. The first-order chi connectivity index (χ1) is 12.7. The molecule has 28 heavy (non-hydrogen) atoms. The summed E-state index contributed by atoms with van der Waals surface area (Å²) in [5, 5.41) is 5.74. The van der Waals surface area contributed by atoms with Crippen molar-refractivity contribution in [2.45, 2.75) is 32.6 Å². The summed E-state index contributed by atoms with van der Waals surface area (Å²) in [6, 6.07) is 8.68. The monoisotopic (exact) mass is 425 g/mol. The number of benzene rings is 2. The Kier molecular flexibility index (Phi) is 8.48. The van der Waals surface area contributed by atoms with Gasteiger partial charge in [0.2, 0.25) is 0 Å². The molecule has 0 bridgehead atoms. The fourth-order valence-corrected chi connectivity index (χ4v) is 4.64. The Balaban J connectivity index is 0.00000392. The number of anilines is 1. The lowest BCUT2D eigenvalue weighted by molar-refractivity contribution is 0.0954. The summed E-state index contributed by atoms with van der Waals surface area (Å²) < 4.78 is 28.6. The predicted octanol–water partition coefficient (Wildman–Crippen LogP) is 3.09. The maximum absolute atomic E-state index is 13.0. The fourth-order valence-electron chi connectivity index (χ4n) is 3.06. The summed E-state index contributed by atoms with van der Waals surface area (Å²) in [4.78, 5) is 12.5. The van der Waals surface area contributed by atoms with Crippen LogP contribution >= 0.6 is 12.4 Å². The molecule has 0 atom stereocenters. The number of halogens is 1. The summed E-state index contributed by atoms with van der Waals surface area (Å²) in [6.07, 6.45) is 0. The average Bonchev–Trinajstić information content (AvgIpc) is 2.55. The van der Waals surface area contributed by atoms with Crippen LogP contribution in [0.3, 0.4) is 0 Å². The molecule has 0 fully saturated rings. The van der Waals surface area contributed by atoms with Gasteiger partial charge < -0.3 is 10.6 Å². The summed E-state index contributed by atoms with van der Waals surface area (Å²) >= 11 is 0. The van der Waals surface area contributed by atoms with E-state index in [4.69, 9.17) is 0 Å². The van der Waals surface area contributed by atoms with Crippen LogP contribution in [0, 0.1) is 27.7 Å². The molecule has 0 aliphatic carbocycles. The third-order valence-corrected chi connectivity index (χ3v) is 5.95. The Morgan fingerprint density at radius 2 is 1.54 bits per heavy atom. The van der Waals surface area contributed by atoms with Gasteiger partial charge in [-0.25, -0.2) is 8.42 Å². The third-order valence-electron chi connectivity index (χ3n) is 4.28. The maximum atomic E-state index is 13.0. The number of hydrogen-bond donors (Lipinski definition) is 3. The molecule has 0 spiro atoms. The van der Waals surface area contributed by atoms with Gasteiger partial charge in [0.05, 0.1) is 10.6 Å². The quantitative estimate of drug-likeness (QED) is 0.595. The molecule has 6 nitrogen and oxygen atoms in total. The topological polar surface area (TPSA) is 87.3 Å². The van der Waals surface area contributed by atoms with E-state index in [1.54, 1.807) is 46.0 Å². The van der Waals surface area contributed by atoms with Crippen molar-refractivity contribution in [3.63, 3.8) is 0 Å². The normalized spacial score (nSPS) is 10.9. The van der Waals surface area contributed by atoms with Crippen LogP contribution in [0.2, 0.25) is 0 Å². The van der Waals surface area contributed by atoms with Crippen LogP contribution in [0.15, 0.2) is 35.2 Å². The highest BCUT2D eigenvalue weighted by Crippen LogP contribution is 2.26. The molecule has 3 N–H and O–H groups in total. The highest BCUT2D eigenvalue weighted by Gasteiger charge is 2.21. The van der Waals surface area contributed by atoms with E-state index in [2.05, 4.69) is 15.4 Å². The van der Waals surface area contributed by atoms with Crippen LogP contribution in [-0.4, -0.2) is 34.5 Å². The highest BCUT2D eigenvalue weighted by molar-refractivity contribution is 7.92. The lowest BCUT2D eigenvalue weighted by Crippen LogP contribution is -2.30. The lowest BCUT2D eigenvalue weighted by Gasteiger charge is -2.16. The van der Waals surface area contributed by atoms with Gasteiger partial charge in [-0.3, -0.25) is 9.52 Å². The van der Waals surface area contributed by atoms with Crippen molar-refractivity contribution in [1.29, 1.82) is 0 Å². The Labute approximate surface area is 173 Å². The van der Waals surface area contributed by atoms with E-state index in [0.717, 1.165) is 11.1 Å². The van der Waals surface area contributed by atoms with Gasteiger partial charge in [0.1, 0.15) is 0 Å². The molecule has 0 radical (unpaired) electrons. The molecule has 0 aromatic heterocycles. The largest absolute Gasteiger partial charge is 0.351 e. The number of amides is 1. The Bertz CT molecular complexity index is 936. The first kappa shape index (κ1) is 23.9. The highest BCUT2D eigenvalue weighted by atomic mass is 35.5. The summed E-state index contributed by atoms with van der Waals surface area (Å²) in [5.74, 6) is -0.242. The number of sulfonamides is 1. The molecule has 0 heterocycles. The minimum Gasteiger partial charge on any atom is -0.351 e. The van der Waals surface area contributed by atoms with Crippen molar-refractivity contribution in [3.8, 4) is 0 Å². The number of rotatable bonds is 7. The molecule has 8 heteroatoms. The third kappa shape index (κ3) is 5.70. The first-order valence-electron chi connectivity index (χ1n) is 8.80. The molecule has 2 rings (SSSR count). The van der Waals surface area contributed by atoms with Gasteiger partial charge in [-0.15, -0.1) is 12.4 Å². The number of hydrogen-bond acceptors (Lipinski definition) is 4. The average molecular weight is 426 g/mol. The molecule has 0 saturated carbocycles. The minimum absolute atomic E-state index is 0. The standard InChI is InChI=1S/C20H27N3O3S.ClH/c1-13-10-15(3)19(16(4)11-13)27(25,26)23-18-12-17(7-6-14(18)2)20(24)22-9-8-21-5;/h6-7,10-12,21,23H,8-9H2,1-5H3,(H,22,24);1H. The molecule has 154 valence electrons. The first-order valence-corrected chi connectivity index (χ1v) is 10.3. The molecule has 0 aliphatic rings. The van der Waals surface area contributed by atoms with Gasteiger partial charge in [0.15, 0.2) is 0 Å². The van der Waals surface area contributed by atoms with Crippen LogP contribution in [0.4, 0.5) is 5.69 Å². The molecular weight excluding hydrogens is 398 g/mol. The van der Waals surface area contributed by atoms with E-state index in [9.17, 15) is 13.2 Å². The lowest BCUT2D eigenvalue weighted by atomic mass is 10.1. The molecule has 0 saturated heterocycles. The Morgan fingerprint density at radius 1 is 0.929 bits per heavy atom. The van der Waals surface area contributed by atoms with Crippen LogP contribution < -0.4 is 15.4 Å². The van der Waals surface area contributed by atoms with E-state index < -0.39 is 10.0 Å². The van der Waals surface area contributed by atoms with Crippen LogP contribution in [0.1, 0.15) is 32.6 Å². The van der Waals surface area contributed by atoms with Gasteiger partial charge in [0, 0.05) is 18.7 Å². The van der Waals surface area contributed by atoms with E-state index in [0.29, 0.717) is 35.5 Å². The van der Waals surface area contributed by atoms with E-state index in [1.165, 1.54) is 0 Å². The molecular formula is C20H28ClN3O3S. The zero-order chi connectivity index (χ0) is 20.2. The fraction of sp³-hybridized carbons (Fsp3) is 0.350. The van der Waals surface area contributed by atoms with Crippen molar-refractivity contribution in [1.82, 2.24) is 10.6 Å². The Hall–Kier alpha value is -2.09. The predicted molar refractivity (Wildman–Crippen MR) is 116 cm³/mol. The second-order valence-electron chi connectivity index (χ2n) is 6.72. The SMILES string of the molecule is CNCCNC(=O)c1ccc(C)c(NS(=O)(=O)c2c(C)cc(C)cc2C)c1.Cl. The summed E-state index contributed by atoms with van der Waals surface area (Å²) in [7, 11) is -1.96. The van der Waals surface area contributed by atoms with Crippen LogP contribution in [-0.2, 0) is 10.0 Å². The number of aryl methyl sites for hydroxylation is 4. The van der Waals surface area contributed by atoms with E-state index >= 15 is 0 Å². The van der Waals surface area contributed by atoms with Crippen molar-refractivity contribution in [3.05, 3.63) is 58.1 Å². The van der Waals surface area contributed by atoms with Gasteiger partial charge in [-0.2, -0.15) is 0 Å². The molecule has 1 amide bonds. The van der Waals surface area contributed by atoms with Crippen LogP contribution in [0.25, 0.3) is 0 Å². The zero-order valence-electron chi connectivity index (χ0n) is 16.8. The van der Waals surface area contributed by atoms with Crippen molar-refractivity contribution in [2.24, 2.45) is 0 Å². The van der Waals surface area contributed by atoms with Crippen molar-refractivity contribution < 1.29 is 13.2 Å². The van der Waals surface area contributed by atoms with E-state index in [-0.39, 0.29) is 23.2 Å². The number of likely N-dealkylation sites (N-methyl/N-ethyl adjacent to an activating group) is 1. The maximum Gasteiger partial charge on any atom is 0.262 e. The zero-order valence-corrected chi connectivity index (χ0v) is 18.5. The molecule has 2 aromatic carbocycles. The molecule has 2 aromatic rings. The number of carbonyl (C=O) groups excluding carboxylic acids is 1. The second kappa shape index (κ2) is 9.91. The van der Waals surface area contributed by atoms with Crippen LogP contribution in [0.5, 0.6) is 0 Å². The van der Waals surface area contributed by atoms with E-state index in [1.807, 2.05) is 19.1 Å².